The molecule has 0 fully saturated rings. The molecule has 0 saturated carbocycles. The van der Waals surface area contributed by atoms with E-state index in [0.29, 0.717) is 24.6 Å². The predicted octanol–water partition coefficient (Wildman–Crippen LogP) is 4.31. The Morgan fingerprint density at radius 2 is 2.00 bits per heavy atom. The van der Waals surface area contributed by atoms with Gasteiger partial charge in [-0.2, -0.15) is 0 Å². The molecule has 2 aromatic carbocycles. The Labute approximate surface area is 173 Å². The molecule has 3 aromatic rings. The van der Waals surface area contributed by atoms with Crippen molar-refractivity contribution in [1.82, 2.24) is 10.3 Å². The largest absolute Gasteiger partial charge is 0.486 e. The Kier molecular flexibility index (Phi) is 5.40. The summed E-state index contributed by atoms with van der Waals surface area (Å²) in [5.74, 6) is 2.06. The Hall–Kier alpha value is -3.06. The molecule has 7 heteroatoms. The molecule has 1 amide bonds. The van der Waals surface area contributed by atoms with Crippen LogP contribution in [0.4, 0.5) is 0 Å². The van der Waals surface area contributed by atoms with Gasteiger partial charge >= 0.3 is 0 Å². The monoisotopic (exact) mass is 410 g/mol. The van der Waals surface area contributed by atoms with Crippen LogP contribution in [0, 0.1) is 20.8 Å². The number of amides is 1. The second-order valence-corrected chi connectivity index (χ2v) is 7.93. The Balaban J connectivity index is 1.34. The fourth-order valence-electron chi connectivity index (χ4n) is 3.10. The lowest BCUT2D eigenvalue weighted by molar-refractivity contribution is 0.0946. The molecule has 0 bridgehead atoms. The minimum atomic E-state index is -0.215. The highest BCUT2D eigenvalue weighted by atomic mass is 32.1. The molecule has 4 rings (SSSR count). The van der Waals surface area contributed by atoms with Crippen LogP contribution in [0.5, 0.6) is 17.2 Å². The van der Waals surface area contributed by atoms with E-state index in [-0.39, 0.29) is 12.7 Å². The van der Waals surface area contributed by atoms with Crippen LogP contribution < -0.4 is 19.5 Å². The van der Waals surface area contributed by atoms with Gasteiger partial charge in [-0.15, -0.1) is 11.3 Å². The first kappa shape index (κ1) is 19.3. The number of nitrogens with one attached hydrogen (secondary N) is 1. The van der Waals surface area contributed by atoms with E-state index in [1.54, 1.807) is 5.38 Å². The zero-order valence-corrected chi connectivity index (χ0v) is 17.4. The van der Waals surface area contributed by atoms with Crippen LogP contribution in [0.3, 0.4) is 0 Å². The van der Waals surface area contributed by atoms with E-state index in [4.69, 9.17) is 14.2 Å². The molecule has 0 atom stereocenters. The van der Waals surface area contributed by atoms with E-state index in [2.05, 4.69) is 23.3 Å². The van der Waals surface area contributed by atoms with Gasteiger partial charge in [-0.3, -0.25) is 4.79 Å². The summed E-state index contributed by atoms with van der Waals surface area (Å²) in [4.78, 5) is 16.8. The van der Waals surface area contributed by atoms with Crippen molar-refractivity contribution in [2.45, 2.75) is 33.9 Å². The molecule has 0 saturated heterocycles. The maximum Gasteiger partial charge on any atom is 0.271 e. The highest BCUT2D eigenvalue weighted by Crippen LogP contribution is 2.32. The molecule has 29 heavy (non-hydrogen) atoms. The van der Waals surface area contributed by atoms with E-state index in [1.807, 2.05) is 38.1 Å². The quantitative estimate of drug-likeness (QED) is 0.656. The number of ether oxygens (including phenoxy) is 3. The van der Waals surface area contributed by atoms with Crippen molar-refractivity contribution >= 4 is 17.2 Å². The average molecular weight is 410 g/mol. The van der Waals surface area contributed by atoms with Crippen LogP contribution in [0.15, 0.2) is 35.7 Å². The lowest BCUT2D eigenvalue weighted by Crippen LogP contribution is -2.23. The third-order valence-electron chi connectivity index (χ3n) is 4.79. The van der Waals surface area contributed by atoms with E-state index < -0.39 is 0 Å². The number of aryl methyl sites for hydroxylation is 2. The highest BCUT2D eigenvalue weighted by molar-refractivity contribution is 7.09. The van der Waals surface area contributed by atoms with E-state index in [1.165, 1.54) is 16.9 Å². The minimum absolute atomic E-state index is 0.215. The first-order valence-corrected chi connectivity index (χ1v) is 10.2. The SMILES string of the molecule is Cc1cc(C)c(C)c(OCc2nc(C(=O)NCc3ccc4c(c3)OCO4)cs2)c1. The third-order valence-corrected chi connectivity index (χ3v) is 5.61. The van der Waals surface area contributed by atoms with Gasteiger partial charge in [-0.05, 0) is 61.2 Å². The summed E-state index contributed by atoms with van der Waals surface area (Å²) in [6, 6.07) is 9.77. The van der Waals surface area contributed by atoms with Gasteiger partial charge in [-0.25, -0.2) is 4.98 Å². The molecule has 0 radical (unpaired) electrons. The van der Waals surface area contributed by atoms with E-state index >= 15 is 0 Å². The van der Waals surface area contributed by atoms with Crippen LogP contribution in [0.25, 0.3) is 0 Å². The number of hydrogen-bond donors (Lipinski definition) is 1. The van der Waals surface area contributed by atoms with E-state index in [0.717, 1.165) is 33.2 Å². The van der Waals surface area contributed by atoms with Gasteiger partial charge in [0, 0.05) is 11.9 Å². The molecule has 1 aliphatic rings. The predicted molar refractivity (Wildman–Crippen MR) is 111 cm³/mol. The van der Waals surface area contributed by atoms with Crippen molar-refractivity contribution in [1.29, 1.82) is 0 Å². The standard InChI is InChI=1S/C22H22N2O4S/c1-13-6-14(2)15(3)19(7-13)26-10-21-24-17(11-29-21)22(25)23-9-16-4-5-18-20(8-16)28-12-27-18/h4-8,11H,9-10,12H2,1-3H3,(H,23,25). The summed E-state index contributed by atoms with van der Waals surface area (Å²) in [6.07, 6.45) is 0. The fraction of sp³-hybridized carbons (Fsp3) is 0.273. The average Bonchev–Trinajstić information content (AvgIpc) is 3.36. The summed E-state index contributed by atoms with van der Waals surface area (Å²) in [5, 5.41) is 5.40. The topological polar surface area (TPSA) is 69.7 Å². The smallest absolute Gasteiger partial charge is 0.271 e. The van der Waals surface area contributed by atoms with Crippen LogP contribution in [0.2, 0.25) is 0 Å². The number of hydrogen-bond acceptors (Lipinski definition) is 6. The zero-order chi connectivity index (χ0) is 20.4. The van der Waals surface area contributed by atoms with Crippen molar-refractivity contribution in [3.05, 3.63) is 68.7 Å². The highest BCUT2D eigenvalue weighted by Gasteiger charge is 2.15. The lowest BCUT2D eigenvalue weighted by atomic mass is 10.1. The molecule has 6 nitrogen and oxygen atoms in total. The van der Waals surface area contributed by atoms with Gasteiger partial charge in [0.15, 0.2) is 11.5 Å². The summed E-state index contributed by atoms with van der Waals surface area (Å²) < 4.78 is 16.6. The first-order valence-electron chi connectivity index (χ1n) is 9.31. The maximum absolute atomic E-state index is 12.4. The van der Waals surface area contributed by atoms with E-state index in [9.17, 15) is 4.79 Å². The number of thiazole rings is 1. The number of benzene rings is 2. The van der Waals surface area contributed by atoms with Gasteiger partial charge in [0.2, 0.25) is 6.79 Å². The van der Waals surface area contributed by atoms with Crippen LogP contribution >= 0.6 is 11.3 Å². The Bertz CT molecular complexity index is 1060. The number of aromatic nitrogens is 1. The molecule has 0 aliphatic carbocycles. The summed E-state index contributed by atoms with van der Waals surface area (Å²) in [5.41, 5.74) is 4.81. The molecule has 1 aromatic heterocycles. The molecular formula is C22H22N2O4S. The van der Waals surface area contributed by atoms with Crippen molar-refractivity contribution < 1.29 is 19.0 Å². The van der Waals surface area contributed by atoms with Gasteiger partial charge in [0.1, 0.15) is 23.1 Å². The molecule has 2 heterocycles. The van der Waals surface area contributed by atoms with Gasteiger partial charge < -0.3 is 19.5 Å². The van der Waals surface area contributed by atoms with Crippen molar-refractivity contribution in [3.63, 3.8) is 0 Å². The summed E-state index contributed by atoms with van der Waals surface area (Å²) in [7, 11) is 0. The summed E-state index contributed by atoms with van der Waals surface area (Å²) >= 11 is 1.42. The number of carbonyl (C=O) groups excluding carboxylic acids is 1. The Morgan fingerprint density at radius 1 is 1.17 bits per heavy atom. The normalized spacial score (nSPS) is 12.1. The number of nitrogens with zero attached hydrogens (tertiary/aromatic N) is 1. The van der Waals surface area contributed by atoms with Crippen molar-refractivity contribution in [3.8, 4) is 17.2 Å². The van der Waals surface area contributed by atoms with Gasteiger partial charge in [-0.1, -0.05) is 12.1 Å². The van der Waals surface area contributed by atoms with Crippen molar-refractivity contribution in [2.75, 3.05) is 6.79 Å². The minimum Gasteiger partial charge on any atom is -0.486 e. The lowest BCUT2D eigenvalue weighted by Gasteiger charge is -2.11. The van der Waals surface area contributed by atoms with Crippen LogP contribution in [-0.4, -0.2) is 17.7 Å². The van der Waals surface area contributed by atoms with Gasteiger partial charge in [0.25, 0.3) is 5.91 Å². The fourth-order valence-corrected chi connectivity index (χ4v) is 3.78. The number of rotatable bonds is 6. The van der Waals surface area contributed by atoms with Crippen LogP contribution in [0.1, 0.15) is 37.7 Å². The summed E-state index contributed by atoms with van der Waals surface area (Å²) in [6.45, 7) is 7.12. The maximum atomic E-state index is 12.4. The molecule has 0 spiro atoms. The molecular weight excluding hydrogens is 388 g/mol. The molecule has 1 aliphatic heterocycles. The molecule has 1 N–H and O–H groups in total. The third kappa shape index (κ3) is 4.35. The number of carbonyl (C=O) groups is 1. The Morgan fingerprint density at radius 3 is 2.86 bits per heavy atom. The van der Waals surface area contributed by atoms with Gasteiger partial charge in [0.05, 0.1) is 0 Å². The molecule has 150 valence electrons. The first-order chi connectivity index (χ1) is 14.0. The van der Waals surface area contributed by atoms with Crippen molar-refractivity contribution in [2.24, 2.45) is 0 Å². The zero-order valence-electron chi connectivity index (χ0n) is 16.6. The van der Waals surface area contributed by atoms with Crippen LogP contribution in [-0.2, 0) is 13.2 Å². The molecule has 0 unspecified atom stereocenters. The number of fused-ring (bicyclic) bond motifs is 1. The second-order valence-electron chi connectivity index (χ2n) is 6.99. The second kappa shape index (κ2) is 8.13.